The van der Waals surface area contributed by atoms with Gasteiger partial charge in [0.05, 0.1) is 0 Å². The highest BCUT2D eigenvalue weighted by molar-refractivity contribution is 6.10. The average molecular weight is 328 g/mol. The van der Waals surface area contributed by atoms with Crippen molar-refractivity contribution in [2.45, 2.75) is 19.8 Å². The molecule has 124 valence electrons. The van der Waals surface area contributed by atoms with Gasteiger partial charge >= 0.3 is 0 Å². The first-order valence-corrected chi connectivity index (χ1v) is 8.38. The maximum Gasteiger partial charge on any atom is 0.167 e. The molecule has 0 spiro atoms. The zero-order chi connectivity index (χ0) is 17.6. The van der Waals surface area contributed by atoms with E-state index >= 15 is 0 Å². The Morgan fingerprint density at radius 3 is 1.64 bits per heavy atom. The second-order valence-electron chi connectivity index (χ2n) is 6.22. The summed E-state index contributed by atoms with van der Waals surface area (Å²) in [5, 5.41) is 0. The van der Waals surface area contributed by atoms with Crippen LogP contribution in [0.5, 0.6) is 0 Å². The molecule has 0 aliphatic heterocycles. The second kappa shape index (κ2) is 7.71. The van der Waals surface area contributed by atoms with Gasteiger partial charge in [-0.15, -0.1) is 0 Å². The van der Waals surface area contributed by atoms with Crippen LogP contribution in [0.25, 0.3) is 0 Å². The van der Waals surface area contributed by atoms with E-state index in [1.165, 1.54) is 0 Å². The molecule has 0 N–H and O–H groups in total. The van der Waals surface area contributed by atoms with Crippen LogP contribution in [-0.4, -0.2) is 11.6 Å². The summed E-state index contributed by atoms with van der Waals surface area (Å²) in [4.78, 5) is 25.5. The molecule has 0 bridgehead atoms. The van der Waals surface area contributed by atoms with Crippen molar-refractivity contribution < 1.29 is 9.59 Å². The maximum atomic E-state index is 12.8. The third-order valence-electron chi connectivity index (χ3n) is 4.19. The van der Waals surface area contributed by atoms with Gasteiger partial charge in [-0.1, -0.05) is 78.4 Å². The molecule has 3 aromatic rings. The minimum atomic E-state index is -0.0254. The first-order chi connectivity index (χ1) is 12.1. The summed E-state index contributed by atoms with van der Waals surface area (Å²) >= 11 is 0. The molecular formula is C23H20O2. The van der Waals surface area contributed by atoms with Gasteiger partial charge in [0, 0.05) is 24.0 Å². The van der Waals surface area contributed by atoms with E-state index in [0.717, 1.165) is 16.7 Å². The predicted octanol–water partition coefficient (Wildman–Crippen LogP) is 4.85. The summed E-state index contributed by atoms with van der Waals surface area (Å²) in [6, 6.07) is 24.7. The van der Waals surface area contributed by atoms with Gasteiger partial charge in [0.1, 0.15) is 0 Å². The highest BCUT2D eigenvalue weighted by atomic mass is 16.1. The fourth-order valence-corrected chi connectivity index (χ4v) is 2.88. The monoisotopic (exact) mass is 328 g/mol. The Morgan fingerprint density at radius 2 is 1.12 bits per heavy atom. The van der Waals surface area contributed by atoms with Crippen LogP contribution < -0.4 is 0 Å². The Balaban J connectivity index is 1.87. The van der Waals surface area contributed by atoms with Crippen LogP contribution >= 0.6 is 0 Å². The summed E-state index contributed by atoms with van der Waals surface area (Å²) in [5.41, 5.74) is 3.91. The van der Waals surface area contributed by atoms with Crippen LogP contribution in [0.2, 0.25) is 0 Å². The molecule has 0 aromatic heterocycles. The molecule has 0 saturated carbocycles. The molecule has 0 aliphatic rings. The molecule has 0 heterocycles. The summed E-state index contributed by atoms with van der Waals surface area (Å²) < 4.78 is 0. The molecule has 0 radical (unpaired) electrons. The molecule has 3 aromatic carbocycles. The predicted molar refractivity (Wildman–Crippen MR) is 100 cm³/mol. The van der Waals surface area contributed by atoms with Gasteiger partial charge < -0.3 is 0 Å². The van der Waals surface area contributed by atoms with Crippen molar-refractivity contribution in [3.63, 3.8) is 0 Å². The summed E-state index contributed by atoms with van der Waals surface area (Å²) in [6.45, 7) is 1.94. The van der Waals surface area contributed by atoms with Crippen LogP contribution in [0, 0.1) is 6.92 Å². The maximum absolute atomic E-state index is 12.8. The van der Waals surface area contributed by atoms with Crippen molar-refractivity contribution in [3.05, 3.63) is 107 Å². The van der Waals surface area contributed by atoms with Crippen LogP contribution in [0.1, 0.15) is 37.4 Å². The van der Waals surface area contributed by atoms with E-state index in [0.29, 0.717) is 24.0 Å². The van der Waals surface area contributed by atoms with Crippen LogP contribution in [-0.2, 0) is 12.8 Å². The average Bonchev–Trinajstić information content (AvgIpc) is 2.63. The molecule has 3 rings (SSSR count). The van der Waals surface area contributed by atoms with Gasteiger partial charge in [0.15, 0.2) is 11.6 Å². The van der Waals surface area contributed by atoms with E-state index in [2.05, 4.69) is 0 Å². The van der Waals surface area contributed by atoms with E-state index in [1.807, 2.05) is 79.7 Å². The first kappa shape index (κ1) is 16.8. The van der Waals surface area contributed by atoms with E-state index in [9.17, 15) is 9.59 Å². The van der Waals surface area contributed by atoms with Crippen molar-refractivity contribution in [3.8, 4) is 0 Å². The second-order valence-corrected chi connectivity index (χ2v) is 6.22. The minimum Gasteiger partial charge on any atom is -0.294 e. The fourth-order valence-electron chi connectivity index (χ4n) is 2.88. The Kier molecular flexibility index (Phi) is 5.20. The van der Waals surface area contributed by atoms with Crippen LogP contribution in [0.15, 0.2) is 78.9 Å². The van der Waals surface area contributed by atoms with E-state index < -0.39 is 0 Å². The minimum absolute atomic E-state index is 0.0219. The van der Waals surface area contributed by atoms with Crippen LogP contribution in [0.4, 0.5) is 0 Å². The molecule has 0 saturated heterocycles. The SMILES string of the molecule is Cc1ccc(C(=O)Cc2ccccc2)c(C(=O)Cc2ccccc2)c1. The normalized spacial score (nSPS) is 10.4. The summed E-state index contributed by atoms with van der Waals surface area (Å²) in [6.07, 6.45) is 0.603. The molecule has 0 unspecified atom stereocenters. The number of carbonyl (C=O) groups excluding carboxylic acids is 2. The largest absolute Gasteiger partial charge is 0.294 e. The van der Waals surface area contributed by atoms with Gasteiger partial charge in [0.25, 0.3) is 0 Å². The quantitative estimate of drug-likeness (QED) is 0.606. The highest BCUT2D eigenvalue weighted by Crippen LogP contribution is 2.18. The van der Waals surface area contributed by atoms with Gasteiger partial charge in [-0.25, -0.2) is 0 Å². The smallest absolute Gasteiger partial charge is 0.167 e. The number of carbonyl (C=O) groups is 2. The van der Waals surface area contributed by atoms with Gasteiger partial charge in [-0.05, 0) is 24.1 Å². The number of benzene rings is 3. The summed E-state index contributed by atoms with van der Waals surface area (Å²) in [5.74, 6) is -0.0473. The van der Waals surface area contributed by atoms with E-state index in [-0.39, 0.29) is 11.6 Å². The van der Waals surface area contributed by atoms with Crippen molar-refractivity contribution in [2.24, 2.45) is 0 Å². The number of aryl methyl sites for hydroxylation is 1. The molecule has 0 fully saturated rings. The highest BCUT2D eigenvalue weighted by Gasteiger charge is 2.18. The Hall–Kier alpha value is -3.00. The molecular weight excluding hydrogens is 308 g/mol. The summed E-state index contributed by atoms with van der Waals surface area (Å²) in [7, 11) is 0. The Morgan fingerprint density at radius 1 is 0.640 bits per heavy atom. The lowest BCUT2D eigenvalue weighted by molar-refractivity contribution is 0.0960. The number of hydrogen-bond acceptors (Lipinski definition) is 2. The third kappa shape index (κ3) is 4.30. The Bertz CT molecular complexity index is 880. The molecule has 0 amide bonds. The first-order valence-electron chi connectivity index (χ1n) is 8.38. The van der Waals surface area contributed by atoms with Crippen molar-refractivity contribution >= 4 is 11.6 Å². The number of Topliss-reactive ketones (excluding diaryl/α,β-unsaturated/α-hetero) is 2. The lowest BCUT2D eigenvalue weighted by Gasteiger charge is -2.10. The number of hydrogen-bond donors (Lipinski definition) is 0. The van der Waals surface area contributed by atoms with E-state index in [4.69, 9.17) is 0 Å². The molecule has 0 aliphatic carbocycles. The molecule has 25 heavy (non-hydrogen) atoms. The fraction of sp³-hybridized carbons (Fsp3) is 0.130. The number of ketones is 2. The number of rotatable bonds is 6. The Labute approximate surface area is 148 Å². The van der Waals surface area contributed by atoms with Crippen molar-refractivity contribution in [2.75, 3.05) is 0 Å². The zero-order valence-corrected chi connectivity index (χ0v) is 14.2. The molecule has 2 nitrogen and oxygen atoms in total. The van der Waals surface area contributed by atoms with E-state index in [1.54, 1.807) is 6.07 Å². The zero-order valence-electron chi connectivity index (χ0n) is 14.2. The van der Waals surface area contributed by atoms with Crippen molar-refractivity contribution in [1.82, 2.24) is 0 Å². The van der Waals surface area contributed by atoms with Crippen molar-refractivity contribution in [1.29, 1.82) is 0 Å². The van der Waals surface area contributed by atoms with Gasteiger partial charge in [-0.2, -0.15) is 0 Å². The standard InChI is InChI=1S/C23H20O2/c1-17-12-13-20(22(24)15-18-8-4-2-5-9-18)21(14-17)23(25)16-19-10-6-3-7-11-19/h2-14H,15-16H2,1H3. The molecule has 0 atom stereocenters. The lowest BCUT2D eigenvalue weighted by atomic mass is 9.92. The van der Waals surface area contributed by atoms with Gasteiger partial charge in [-0.3, -0.25) is 9.59 Å². The van der Waals surface area contributed by atoms with Crippen LogP contribution in [0.3, 0.4) is 0 Å². The lowest BCUT2D eigenvalue weighted by Crippen LogP contribution is -2.13. The topological polar surface area (TPSA) is 34.1 Å². The third-order valence-corrected chi connectivity index (χ3v) is 4.19. The molecule has 2 heteroatoms. The van der Waals surface area contributed by atoms with Gasteiger partial charge in [0.2, 0.25) is 0 Å².